The van der Waals surface area contributed by atoms with E-state index in [4.69, 9.17) is 0 Å². The van der Waals surface area contributed by atoms with Crippen LogP contribution in [0.4, 0.5) is 13.2 Å². The summed E-state index contributed by atoms with van der Waals surface area (Å²) in [6, 6.07) is 5.41. The molecule has 1 heterocycles. The molecule has 0 aliphatic carbocycles. The van der Waals surface area contributed by atoms with Crippen molar-refractivity contribution in [1.29, 1.82) is 0 Å². The third kappa shape index (κ3) is 4.85. The predicted molar refractivity (Wildman–Crippen MR) is 91.9 cm³/mol. The number of benzene rings is 1. The van der Waals surface area contributed by atoms with E-state index in [2.05, 4.69) is 32.9 Å². The van der Waals surface area contributed by atoms with Gasteiger partial charge in [-0.1, -0.05) is 32.1 Å². The van der Waals surface area contributed by atoms with E-state index >= 15 is 0 Å². The van der Waals surface area contributed by atoms with Gasteiger partial charge < -0.3 is 0 Å². The Morgan fingerprint density at radius 3 is 2.36 bits per heavy atom. The number of halogens is 3. The zero-order valence-electron chi connectivity index (χ0n) is 12.8. The number of hydrogen-bond acceptors (Lipinski definition) is 2. The van der Waals surface area contributed by atoms with E-state index in [0.29, 0.717) is 11.2 Å². The molecule has 0 radical (unpaired) electrons. The van der Waals surface area contributed by atoms with Crippen LogP contribution in [0.1, 0.15) is 31.9 Å². The lowest BCUT2D eigenvalue weighted by Crippen LogP contribution is -2.05. The lowest BCUT2D eigenvalue weighted by Gasteiger charge is -2.19. The van der Waals surface area contributed by atoms with Crippen molar-refractivity contribution in [3.63, 3.8) is 0 Å². The summed E-state index contributed by atoms with van der Waals surface area (Å²) in [4.78, 5) is 0. The van der Waals surface area contributed by atoms with E-state index in [0.717, 1.165) is 29.0 Å². The molecule has 0 nitrogen and oxygen atoms in total. The molecule has 0 amide bonds. The van der Waals surface area contributed by atoms with Crippen molar-refractivity contribution in [2.24, 2.45) is 5.92 Å². The van der Waals surface area contributed by atoms with Crippen molar-refractivity contribution in [1.82, 2.24) is 0 Å². The topological polar surface area (TPSA) is 0 Å². The van der Waals surface area contributed by atoms with Crippen LogP contribution in [0.15, 0.2) is 40.7 Å². The first-order valence-corrected chi connectivity index (χ1v) is 9.03. The largest absolute Gasteiger partial charge is 0.416 e. The molecule has 0 spiro atoms. The lowest BCUT2D eigenvalue weighted by molar-refractivity contribution is -0.137. The van der Waals surface area contributed by atoms with Gasteiger partial charge in [-0.15, -0.1) is 23.5 Å². The molecule has 1 atom stereocenters. The van der Waals surface area contributed by atoms with Gasteiger partial charge in [0, 0.05) is 15.2 Å². The first-order valence-electron chi connectivity index (χ1n) is 7.16. The van der Waals surface area contributed by atoms with Crippen LogP contribution in [0.3, 0.4) is 0 Å². The number of alkyl halides is 3. The van der Waals surface area contributed by atoms with Crippen LogP contribution in [-0.4, -0.2) is 11.0 Å². The number of hydrogen-bond donors (Lipinski definition) is 0. The minimum Gasteiger partial charge on any atom is -0.166 e. The molecule has 0 saturated carbocycles. The maximum atomic E-state index is 12.6. The second-order valence-corrected chi connectivity index (χ2v) is 8.43. The fourth-order valence-electron chi connectivity index (χ4n) is 2.03. The fraction of sp³-hybridized carbons (Fsp3) is 0.412. The molecule has 1 aromatic rings. The highest BCUT2D eigenvalue weighted by molar-refractivity contribution is 8.22. The van der Waals surface area contributed by atoms with Gasteiger partial charge in [0.1, 0.15) is 0 Å². The summed E-state index contributed by atoms with van der Waals surface area (Å²) in [7, 11) is 0. The van der Waals surface area contributed by atoms with Crippen molar-refractivity contribution in [2.45, 2.75) is 32.2 Å². The molecule has 1 aromatic carbocycles. The Kier molecular flexibility index (Phi) is 5.72. The minimum atomic E-state index is -4.28. The monoisotopic (exact) mass is 344 g/mol. The van der Waals surface area contributed by atoms with E-state index in [1.807, 2.05) is 11.8 Å². The second kappa shape index (κ2) is 7.18. The molecule has 0 aromatic heterocycles. The van der Waals surface area contributed by atoms with E-state index < -0.39 is 11.7 Å². The molecule has 120 valence electrons. The standard InChI is InChI=1S/C17H19F3S2/c1-11(2)10-21-16-9-14(8-12(3)22-16)13-4-6-15(7-5-13)17(18,19)20/h4-9,11-12H,10H2,1-3H3. The van der Waals surface area contributed by atoms with E-state index in [9.17, 15) is 13.2 Å². The lowest BCUT2D eigenvalue weighted by atomic mass is 10.0. The molecule has 0 fully saturated rings. The molecular formula is C17H19F3S2. The highest BCUT2D eigenvalue weighted by atomic mass is 32.2. The van der Waals surface area contributed by atoms with Crippen molar-refractivity contribution < 1.29 is 13.2 Å². The van der Waals surface area contributed by atoms with Gasteiger partial charge in [0.25, 0.3) is 0 Å². The molecule has 0 N–H and O–H groups in total. The van der Waals surface area contributed by atoms with Gasteiger partial charge in [0.05, 0.1) is 5.56 Å². The van der Waals surface area contributed by atoms with Gasteiger partial charge >= 0.3 is 6.18 Å². The highest BCUT2D eigenvalue weighted by Crippen LogP contribution is 2.40. The van der Waals surface area contributed by atoms with Gasteiger partial charge in [-0.2, -0.15) is 13.2 Å². The third-order valence-corrected chi connectivity index (χ3v) is 5.83. The Morgan fingerprint density at radius 2 is 1.82 bits per heavy atom. The number of thioether (sulfide) groups is 2. The molecule has 22 heavy (non-hydrogen) atoms. The Balaban J connectivity index is 2.19. The maximum absolute atomic E-state index is 12.6. The van der Waals surface area contributed by atoms with Gasteiger partial charge in [0.2, 0.25) is 0 Å². The average Bonchev–Trinajstić information content (AvgIpc) is 2.44. The van der Waals surface area contributed by atoms with E-state index in [1.54, 1.807) is 23.9 Å². The molecule has 0 saturated heterocycles. The van der Waals surface area contributed by atoms with Crippen LogP contribution in [0, 0.1) is 5.92 Å². The molecule has 1 unspecified atom stereocenters. The zero-order chi connectivity index (χ0) is 16.3. The first-order chi connectivity index (χ1) is 10.3. The van der Waals surface area contributed by atoms with Gasteiger partial charge in [-0.3, -0.25) is 0 Å². The molecule has 1 aliphatic rings. The Bertz CT molecular complexity index is 569. The molecule has 2 rings (SSSR count). The predicted octanol–water partition coefficient (Wildman–Crippen LogP) is 6.45. The Hall–Kier alpha value is -0.810. The summed E-state index contributed by atoms with van der Waals surface area (Å²) >= 11 is 3.62. The minimum absolute atomic E-state index is 0.331. The SMILES string of the molecule is CC(C)CSC1=CC(c2ccc(C(F)(F)F)cc2)=CC(C)S1. The van der Waals surface area contributed by atoms with Crippen LogP contribution in [0.2, 0.25) is 0 Å². The normalized spacial score (nSPS) is 19.1. The van der Waals surface area contributed by atoms with Gasteiger partial charge in [-0.25, -0.2) is 0 Å². The molecule has 1 aliphatic heterocycles. The summed E-state index contributed by atoms with van der Waals surface area (Å²) in [5.74, 6) is 1.66. The Morgan fingerprint density at radius 1 is 1.18 bits per heavy atom. The number of allylic oxidation sites excluding steroid dienone is 2. The van der Waals surface area contributed by atoms with Crippen molar-refractivity contribution in [3.8, 4) is 0 Å². The van der Waals surface area contributed by atoms with Crippen molar-refractivity contribution in [2.75, 3.05) is 5.75 Å². The van der Waals surface area contributed by atoms with Crippen LogP contribution in [-0.2, 0) is 6.18 Å². The fourth-order valence-corrected chi connectivity index (χ4v) is 4.45. The smallest absolute Gasteiger partial charge is 0.166 e. The van der Waals surface area contributed by atoms with Crippen LogP contribution < -0.4 is 0 Å². The summed E-state index contributed by atoms with van der Waals surface area (Å²) in [6.45, 7) is 6.46. The summed E-state index contributed by atoms with van der Waals surface area (Å²) < 4.78 is 39.1. The van der Waals surface area contributed by atoms with Crippen LogP contribution >= 0.6 is 23.5 Å². The summed E-state index contributed by atoms with van der Waals surface area (Å²) in [6.07, 6.45) is -0.0935. The summed E-state index contributed by atoms with van der Waals surface area (Å²) in [5.41, 5.74) is 1.24. The quantitative estimate of drug-likeness (QED) is 0.615. The average molecular weight is 344 g/mol. The van der Waals surface area contributed by atoms with Crippen LogP contribution in [0.25, 0.3) is 5.57 Å². The maximum Gasteiger partial charge on any atom is 0.416 e. The Labute approximate surface area is 138 Å². The van der Waals surface area contributed by atoms with Gasteiger partial charge in [0.15, 0.2) is 0 Å². The highest BCUT2D eigenvalue weighted by Gasteiger charge is 2.30. The molecule has 5 heteroatoms. The van der Waals surface area contributed by atoms with Crippen molar-refractivity contribution >= 4 is 29.1 Å². The van der Waals surface area contributed by atoms with Crippen molar-refractivity contribution in [3.05, 3.63) is 51.8 Å². The van der Waals surface area contributed by atoms with E-state index in [-0.39, 0.29) is 0 Å². The summed E-state index contributed by atoms with van der Waals surface area (Å²) in [5, 5.41) is 0.331. The van der Waals surface area contributed by atoms with Crippen LogP contribution in [0.5, 0.6) is 0 Å². The third-order valence-electron chi connectivity index (χ3n) is 3.09. The molecule has 0 bridgehead atoms. The van der Waals surface area contributed by atoms with Gasteiger partial charge in [-0.05, 0) is 42.2 Å². The first kappa shape index (κ1) is 17.5. The number of rotatable bonds is 4. The van der Waals surface area contributed by atoms with E-state index in [1.165, 1.54) is 4.24 Å². The molecular weight excluding hydrogens is 325 g/mol. The zero-order valence-corrected chi connectivity index (χ0v) is 14.4. The second-order valence-electron chi connectivity index (χ2n) is 5.69.